The number of hydrogen-bond acceptors (Lipinski definition) is 3. The van der Waals surface area contributed by atoms with Crippen LogP contribution in [0.2, 0.25) is 5.02 Å². The van der Waals surface area contributed by atoms with Gasteiger partial charge in [-0.25, -0.2) is 0 Å². The molecule has 26 heavy (non-hydrogen) atoms. The smallest absolute Gasteiger partial charge is 0.259 e. The van der Waals surface area contributed by atoms with Gasteiger partial charge in [0.15, 0.2) is 5.78 Å². The summed E-state index contributed by atoms with van der Waals surface area (Å²) in [6.07, 6.45) is 0. The van der Waals surface area contributed by atoms with Gasteiger partial charge in [-0.3, -0.25) is 9.59 Å². The molecule has 6 heteroatoms. The number of phenolic OH excluding ortho intramolecular Hbond substituents is 1. The zero-order valence-corrected chi connectivity index (χ0v) is 15.7. The Balaban J connectivity index is 1.86. The summed E-state index contributed by atoms with van der Waals surface area (Å²) in [5.74, 6) is -0.881. The Kier molecular flexibility index (Phi) is 5.40. The summed E-state index contributed by atoms with van der Waals surface area (Å²) >= 11 is 9.09. The van der Waals surface area contributed by atoms with Crippen LogP contribution in [0.1, 0.15) is 26.3 Å². The van der Waals surface area contributed by atoms with Crippen LogP contribution in [-0.2, 0) is 0 Å². The van der Waals surface area contributed by atoms with Crippen molar-refractivity contribution in [1.29, 1.82) is 0 Å². The van der Waals surface area contributed by atoms with Gasteiger partial charge >= 0.3 is 0 Å². The molecule has 3 rings (SSSR count). The first-order chi connectivity index (χ1) is 12.5. The van der Waals surface area contributed by atoms with Crippen molar-refractivity contribution >= 4 is 44.9 Å². The molecule has 1 amide bonds. The molecular formula is C20H13BrClNO3. The van der Waals surface area contributed by atoms with Crippen molar-refractivity contribution in [3.05, 3.63) is 92.9 Å². The summed E-state index contributed by atoms with van der Waals surface area (Å²) in [5, 5.41) is 13.0. The summed E-state index contributed by atoms with van der Waals surface area (Å²) in [5.41, 5.74) is 1.48. The molecule has 0 unspecified atom stereocenters. The molecule has 0 fully saturated rings. The van der Waals surface area contributed by atoms with Crippen LogP contribution in [0.4, 0.5) is 5.69 Å². The molecule has 2 N–H and O–H groups in total. The second kappa shape index (κ2) is 7.72. The standard InChI is InChI=1S/C20H13BrClNO3/c21-17-11-14(22)10-16(19(17)25)20(26)23-15-8-4-7-13(9-15)18(24)12-5-2-1-3-6-12/h1-11,25H,(H,23,26). The van der Waals surface area contributed by atoms with E-state index in [2.05, 4.69) is 21.2 Å². The highest BCUT2D eigenvalue weighted by Gasteiger charge is 2.16. The van der Waals surface area contributed by atoms with Crippen molar-refractivity contribution < 1.29 is 14.7 Å². The number of rotatable bonds is 4. The van der Waals surface area contributed by atoms with E-state index in [4.69, 9.17) is 11.6 Å². The molecule has 0 aliphatic heterocycles. The molecule has 0 saturated heterocycles. The average molecular weight is 431 g/mol. The maximum absolute atomic E-state index is 12.5. The number of phenols is 1. The summed E-state index contributed by atoms with van der Waals surface area (Å²) in [6, 6.07) is 18.4. The number of ketones is 1. The van der Waals surface area contributed by atoms with E-state index in [1.165, 1.54) is 12.1 Å². The van der Waals surface area contributed by atoms with E-state index in [1.54, 1.807) is 48.5 Å². The molecule has 0 bridgehead atoms. The molecule has 0 heterocycles. The largest absolute Gasteiger partial charge is 0.506 e. The molecule has 0 aliphatic carbocycles. The second-order valence-electron chi connectivity index (χ2n) is 5.51. The predicted octanol–water partition coefficient (Wildman–Crippen LogP) is 5.29. The number of anilines is 1. The number of benzene rings is 3. The number of amides is 1. The van der Waals surface area contributed by atoms with E-state index in [0.717, 1.165) is 0 Å². The van der Waals surface area contributed by atoms with Crippen molar-refractivity contribution in [1.82, 2.24) is 0 Å². The fourth-order valence-corrected chi connectivity index (χ4v) is 3.24. The average Bonchev–Trinajstić information content (AvgIpc) is 2.65. The van der Waals surface area contributed by atoms with Crippen LogP contribution in [0.5, 0.6) is 5.75 Å². The minimum atomic E-state index is -0.532. The van der Waals surface area contributed by atoms with Crippen molar-refractivity contribution in [2.75, 3.05) is 5.32 Å². The van der Waals surface area contributed by atoms with Crippen LogP contribution < -0.4 is 5.32 Å². The number of carbonyl (C=O) groups is 2. The fraction of sp³-hybridized carbons (Fsp3) is 0. The predicted molar refractivity (Wildman–Crippen MR) is 105 cm³/mol. The minimum absolute atomic E-state index is 0.0316. The Hall–Kier alpha value is -2.63. The first kappa shape index (κ1) is 18.2. The maximum atomic E-state index is 12.5. The van der Waals surface area contributed by atoms with Gasteiger partial charge in [-0.1, -0.05) is 54.1 Å². The lowest BCUT2D eigenvalue weighted by atomic mass is 10.0. The summed E-state index contributed by atoms with van der Waals surface area (Å²) < 4.78 is 0.322. The number of halogens is 2. The SMILES string of the molecule is O=C(c1ccccc1)c1cccc(NC(=O)c2cc(Cl)cc(Br)c2O)c1. The van der Waals surface area contributed by atoms with Crippen LogP contribution in [-0.4, -0.2) is 16.8 Å². The monoisotopic (exact) mass is 429 g/mol. The molecule has 0 aromatic heterocycles. The Morgan fingerprint density at radius 3 is 2.35 bits per heavy atom. The molecule has 0 spiro atoms. The molecule has 0 atom stereocenters. The van der Waals surface area contributed by atoms with E-state index in [9.17, 15) is 14.7 Å². The normalized spacial score (nSPS) is 10.4. The Labute approximate surface area is 163 Å². The van der Waals surface area contributed by atoms with Gasteiger partial charge in [-0.05, 0) is 40.2 Å². The first-order valence-corrected chi connectivity index (χ1v) is 8.82. The van der Waals surface area contributed by atoms with Crippen LogP contribution in [0.25, 0.3) is 0 Å². The molecule has 0 radical (unpaired) electrons. The molecular weight excluding hydrogens is 418 g/mol. The molecule has 3 aromatic carbocycles. The first-order valence-electron chi connectivity index (χ1n) is 7.65. The van der Waals surface area contributed by atoms with Gasteiger partial charge in [0, 0.05) is 21.8 Å². The fourth-order valence-electron chi connectivity index (χ4n) is 2.43. The highest BCUT2D eigenvalue weighted by molar-refractivity contribution is 9.10. The van der Waals surface area contributed by atoms with Crippen LogP contribution in [0.15, 0.2) is 71.2 Å². The highest BCUT2D eigenvalue weighted by Crippen LogP contribution is 2.32. The third kappa shape index (κ3) is 3.95. The molecule has 130 valence electrons. The lowest BCUT2D eigenvalue weighted by Crippen LogP contribution is -2.13. The van der Waals surface area contributed by atoms with Gasteiger partial charge < -0.3 is 10.4 Å². The summed E-state index contributed by atoms with van der Waals surface area (Å²) in [6.45, 7) is 0. The van der Waals surface area contributed by atoms with E-state index < -0.39 is 5.91 Å². The van der Waals surface area contributed by atoms with Gasteiger partial charge in [-0.15, -0.1) is 0 Å². The lowest BCUT2D eigenvalue weighted by Gasteiger charge is -2.10. The highest BCUT2D eigenvalue weighted by atomic mass is 79.9. The Morgan fingerprint density at radius 1 is 0.923 bits per heavy atom. The number of nitrogens with one attached hydrogen (secondary N) is 1. The van der Waals surface area contributed by atoms with Crippen molar-refractivity contribution in [3.8, 4) is 5.75 Å². The van der Waals surface area contributed by atoms with Gasteiger partial charge in [0.2, 0.25) is 0 Å². The quantitative estimate of drug-likeness (QED) is 0.553. The van der Waals surface area contributed by atoms with Crippen LogP contribution in [0, 0.1) is 0 Å². The van der Waals surface area contributed by atoms with Gasteiger partial charge in [0.1, 0.15) is 5.75 Å². The molecule has 0 aliphatic rings. The lowest BCUT2D eigenvalue weighted by molar-refractivity contribution is 0.101. The zero-order chi connectivity index (χ0) is 18.7. The number of hydrogen-bond donors (Lipinski definition) is 2. The maximum Gasteiger partial charge on any atom is 0.259 e. The Bertz CT molecular complexity index is 990. The summed E-state index contributed by atoms with van der Waals surface area (Å²) in [4.78, 5) is 25.0. The van der Waals surface area contributed by atoms with Crippen LogP contribution in [0.3, 0.4) is 0 Å². The molecule has 3 aromatic rings. The minimum Gasteiger partial charge on any atom is -0.506 e. The number of carbonyl (C=O) groups excluding carboxylic acids is 2. The van der Waals surface area contributed by atoms with E-state index in [-0.39, 0.29) is 17.1 Å². The van der Waals surface area contributed by atoms with Gasteiger partial charge in [0.25, 0.3) is 5.91 Å². The topological polar surface area (TPSA) is 66.4 Å². The van der Waals surface area contributed by atoms with Crippen molar-refractivity contribution in [2.45, 2.75) is 0 Å². The number of aromatic hydroxyl groups is 1. The van der Waals surface area contributed by atoms with E-state index >= 15 is 0 Å². The van der Waals surface area contributed by atoms with Crippen molar-refractivity contribution in [2.24, 2.45) is 0 Å². The molecule has 4 nitrogen and oxygen atoms in total. The van der Waals surface area contributed by atoms with E-state index in [0.29, 0.717) is 26.3 Å². The third-order valence-electron chi connectivity index (χ3n) is 3.69. The third-order valence-corrected chi connectivity index (χ3v) is 4.51. The second-order valence-corrected chi connectivity index (χ2v) is 6.80. The summed E-state index contributed by atoms with van der Waals surface area (Å²) in [7, 11) is 0. The Morgan fingerprint density at radius 2 is 1.62 bits per heavy atom. The van der Waals surface area contributed by atoms with Crippen molar-refractivity contribution in [3.63, 3.8) is 0 Å². The van der Waals surface area contributed by atoms with Gasteiger partial charge in [0.05, 0.1) is 10.0 Å². The zero-order valence-electron chi connectivity index (χ0n) is 13.4. The van der Waals surface area contributed by atoms with Gasteiger partial charge in [-0.2, -0.15) is 0 Å². The molecule has 0 saturated carbocycles. The van der Waals surface area contributed by atoms with E-state index in [1.807, 2.05) is 6.07 Å². The van der Waals surface area contributed by atoms with Crippen LogP contribution >= 0.6 is 27.5 Å².